The van der Waals surface area contributed by atoms with E-state index in [1.54, 1.807) is 0 Å². The second kappa shape index (κ2) is 60.7. The van der Waals surface area contributed by atoms with Gasteiger partial charge in [-0.1, -0.05) is 315 Å². The summed E-state index contributed by atoms with van der Waals surface area (Å²) in [5.74, 6) is -0.847. The van der Waals surface area contributed by atoms with Crippen LogP contribution in [0.15, 0.2) is 12.2 Å². The van der Waals surface area contributed by atoms with Crippen molar-refractivity contribution in [2.24, 2.45) is 0 Å². The molecule has 6 nitrogen and oxygen atoms in total. The lowest BCUT2D eigenvalue weighted by Crippen LogP contribution is -2.30. The predicted molar refractivity (Wildman–Crippen MR) is 307 cm³/mol. The molecule has 71 heavy (non-hydrogen) atoms. The standard InChI is InChI=1S/C65H124O6/c1-4-7-10-13-16-19-20-21-22-23-24-25-26-27-28-29-30-31-32-33-34-35-36-37-38-39-40-41-42-43-44-47-49-52-55-58-64(67)70-61-62(71-65(68)59-56-53-50-46-18-15-12-9-6-3)60-69-63(66)57-54-51-48-45-17-14-11-8-5-2/h23-24,62H,4-22,25-61H2,1-3H3/b24-23-. The molecule has 0 N–H and O–H groups in total. The molecule has 0 fully saturated rings. The van der Waals surface area contributed by atoms with Crippen LogP contribution in [0.1, 0.15) is 367 Å². The fourth-order valence-electron chi connectivity index (χ4n) is 9.91. The number of unbranched alkanes of at least 4 members (excludes halogenated alkanes) is 47. The Morgan fingerprint density at radius 1 is 0.268 bits per heavy atom. The van der Waals surface area contributed by atoms with Crippen molar-refractivity contribution in [2.75, 3.05) is 13.2 Å². The van der Waals surface area contributed by atoms with E-state index in [0.717, 1.165) is 57.8 Å². The molecule has 0 aliphatic rings. The van der Waals surface area contributed by atoms with Gasteiger partial charge in [0.2, 0.25) is 0 Å². The summed E-state index contributed by atoms with van der Waals surface area (Å²) >= 11 is 0. The summed E-state index contributed by atoms with van der Waals surface area (Å²) < 4.78 is 16.8. The summed E-state index contributed by atoms with van der Waals surface area (Å²) in [6, 6.07) is 0. The smallest absolute Gasteiger partial charge is 0.306 e. The SMILES string of the molecule is CCCCCCCCCC/C=C\CCCCCCCCCCCCCCCCCCCCCCCCCC(=O)OCC(COC(=O)CCCCCCCCCCC)OC(=O)CCCCCCCCCCC. The molecule has 0 amide bonds. The van der Waals surface area contributed by atoms with Crippen LogP contribution in [0.25, 0.3) is 0 Å². The summed E-state index contributed by atoms with van der Waals surface area (Å²) in [6.45, 7) is 6.65. The summed E-state index contributed by atoms with van der Waals surface area (Å²) in [4.78, 5) is 37.9. The number of carbonyl (C=O) groups is 3. The zero-order valence-electron chi connectivity index (χ0n) is 48.3. The fourth-order valence-corrected chi connectivity index (χ4v) is 9.91. The molecule has 6 heteroatoms. The first kappa shape index (κ1) is 69.2. The van der Waals surface area contributed by atoms with Crippen molar-refractivity contribution in [2.45, 2.75) is 374 Å². The van der Waals surface area contributed by atoms with Crippen LogP contribution < -0.4 is 0 Å². The van der Waals surface area contributed by atoms with Crippen molar-refractivity contribution >= 4 is 17.9 Å². The molecule has 0 aromatic heterocycles. The van der Waals surface area contributed by atoms with Crippen LogP contribution in [-0.2, 0) is 28.6 Å². The van der Waals surface area contributed by atoms with E-state index in [1.165, 1.54) is 270 Å². The van der Waals surface area contributed by atoms with E-state index in [0.29, 0.717) is 19.3 Å². The Kier molecular flexibility index (Phi) is 59.1. The van der Waals surface area contributed by atoms with E-state index in [2.05, 4.69) is 32.9 Å². The zero-order chi connectivity index (χ0) is 51.4. The first-order valence-corrected chi connectivity index (χ1v) is 32.2. The van der Waals surface area contributed by atoms with Gasteiger partial charge in [-0.2, -0.15) is 0 Å². The molecule has 0 aromatic carbocycles. The molecular formula is C65H124O6. The molecule has 0 aliphatic carbocycles. The van der Waals surface area contributed by atoms with E-state index in [-0.39, 0.29) is 31.1 Å². The van der Waals surface area contributed by atoms with Gasteiger partial charge >= 0.3 is 17.9 Å². The van der Waals surface area contributed by atoms with Gasteiger partial charge in [-0.3, -0.25) is 14.4 Å². The van der Waals surface area contributed by atoms with Crippen molar-refractivity contribution in [3.05, 3.63) is 12.2 Å². The zero-order valence-corrected chi connectivity index (χ0v) is 48.3. The number of rotatable bonds is 60. The Hall–Kier alpha value is -1.85. The molecule has 0 saturated carbocycles. The normalized spacial score (nSPS) is 12.0. The van der Waals surface area contributed by atoms with Crippen molar-refractivity contribution in [3.63, 3.8) is 0 Å². The van der Waals surface area contributed by atoms with Gasteiger partial charge in [-0.25, -0.2) is 0 Å². The quantitative estimate of drug-likeness (QED) is 0.0261. The maximum absolute atomic E-state index is 12.7. The van der Waals surface area contributed by atoms with Gasteiger partial charge in [0.25, 0.3) is 0 Å². The molecule has 0 spiro atoms. The summed E-state index contributed by atoms with van der Waals surface area (Å²) in [5.41, 5.74) is 0. The third-order valence-electron chi connectivity index (χ3n) is 14.8. The molecule has 1 atom stereocenters. The highest BCUT2D eigenvalue weighted by Gasteiger charge is 2.19. The van der Waals surface area contributed by atoms with Gasteiger partial charge in [0.15, 0.2) is 6.10 Å². The number of carbonyl (C=O) groups excluding carboxylic acids is 3. The number of esters is 3. The lowest BCUT2D eigenvalue weighted by molar-refractivity contribution is -0.167. The highest BCUT2D eigenvalue weighted by molar-refractivity contribution is 5.71. The molecule has 0 heterocycles. The minimum Gasteiger partial charge on any atom is -0.462 e. The average Bonchev–Trinajstić information content (AvgIpc) is 3.37. The van der Waals surface area contributed by atoms with Crippen molar-refractivity contribution < 1.29 is 28.6 Å². The van der Waals surface area contributed by atoms with Crippen LogP contribution in [0.2, 0.25) is 0 Å². The Morgan fingerprint density at radius 3 is 0.704 bits per heavy atom. The van der Waals surface area contributed by atoms with Gasteiger partial charge in [-0.05, 0) is 44.9 Å². The first-order chi connectivity index (χ1) is 35.0. The van der Waals surface area contributed by atoms with Crippen LogP contribution in [0.5, 0.6) is 0 Å². The monoisotopic (exact) mass is 1000 g/mol. The van der Waals surface area contributed by atoms with Gasteiger partial charge in [-0.15, -0.1) is 0 Å². The molecule has 0 bridgehead atoms. The van der Waals surface area contributed by atoms with Gasteiger partial charge in [0, 0.05) is 19.3 Å². The number of hydrogen-bond donors (Lipinski definition) is 0. The van der Waals surface area contributed by atoms with E-state index in [9.17, 15) is 14.4 Å². The maximum Gasteiger partial charge on any atom is 0.306 e. The fraction of sp³-hybridized carbons (Fsp3) is 0.923. The topological polar surface area (TPSA) is 78.9 Å². The minimum atomic E-state index is -0.760. The first-order valence-electron chi connectivity index (χ1n) is 32.2. The van der Waals surface area contributed by atoms with Crippen LogP contribution in [0.4, 0.5) is 0 Å². The lowest BCUT2D eigenvalue weighted by Gasteiger charge is -2.18. The Balaban J connectivity index is 3.83. The van der Waals surface area contributed by atoms with Crippen LogP contribution in [-0.4, -0.2) is 37.2 Å². The highest BCUT2D eigenvalue weighted by atomic mass is 16.6. The van der Waals surface area contributed by atoms with Crippen molar-refractivity contribution in [3.8, 4) is 0 Å². The Labute approximate surface area is 443 Å². The summed E-state index contributed by atoms with van der Waals surface area (Å²) in [5, 5.41) is 0. The van der Waals surface area contributed by atoms with Crippen LogP contribution in [0.3, 0.4) is 0 Å². The lowest BCUT2D eigenvalue weighted by atomic mass is 10.0. The predicted octanol–water partition coefficient (Wildman–Crippen LogP) is 21.7. The molecule has 0 aromatic rings. The van der Waals surface area contributed by atoms with Gasteiger partial charge in [0.05, 0.1) is 0 Å². The van der Waals surface area contributed by atoms with Gasteiger partial charge < -0.3 is 14.2 Å². The number of ether oxygens (including phenoxy) is 3. The van der Waals surface area contributed by atoms with Crippen LogP contribution in [0, 0.1) is 0 Å². The highest BCUT2D eigenvalue weighted by Crippen LogP contribution is 2.18. The molecule has 420 valence electrons. The largest absolute Gasteiger partial charge is 0.462 e. The maximum atomic E-state index is 12.7. The van der Waals surface area contributed by atoms with E-state index in [4.69, 9.17) is 14.2 Å². The molecule has 0 aliphatic heterocycles. The number of hydrogen-bond acceptors (Lipinski definition) is 6. The van der Waals surface area contributed by atoms with E-state index >= 15 is 0 Å². The van der Waals surface area contributed by atoms with Gasteiger partial charge in [0.1, 0.15) is 13.2 Å². The van der Waals surface area contributed by atoms with Crippen molar-refractivity contribution in [1.82, 2.24) is 0 Å². The molecule has 0 rings (SSSR count). The minimum absolute atomic E-state index is 0.0633. The molecular weight excluding hydrogens is 877 g/mol. The summed E-state index contributed by atoms with van der Waals surface area (Å²) in [7, 11) is 0. The third kappa shape index (κ3) is 58.9. The molecule has 1 unspecified atom stereocenters. The molecule has 0 radical (unpaired) electrons. The second-order valence-corrected chi connectivity index (χ2v) is 22.0. The average molecular weight is 1000 g/mol. The number of allylic oxidation sites excluding steroid dienone is 2. The van der Waals surface area contributed by atoms with E-state index in [1.807, 2.05) is 0 Å². The molecule has 0 saturated heterocycles. The third-order valence-corrected chi connectivity index (χ3v) is 14.8. The Bertz CT molecular complexity index is 1100. The van der Waals surface area contributed by atoms with Crippen LogP contribution >= 0.6 is 0 Å². The second-order valence-electron chi connectivity index (χ2n) is 22.0. The van der Waals surface area contributed by atoms with E-state index < -0.39 is 6.10 Å². The van der Waals surface area contributed by atoms with Crippen molar-refractivity contribution in [1.29, 1.82) is 0 Å². The summed E-state index contributed by atoms with van der Waals surface area (Å²) in [6.07, 6.45) is 71.4. The Morgan fingerprint density at radius 2 is 0.465 bits per heavy atom.